The molecule has 12 heterocycles. The van der Waals surface area contributed by atoms with E-state index in [4.69, 9.17) is 64.2 Å². The number of anilines is 5. The van der Waals surface area contributed by atoms with E-state index in [0.29, 0.717) is 79.5 Å². The summed E-state index contributed by atoms with van der Waals surface area (Å²) in [5, 5.41) is 20.3. The minimum absolute atomic E-state index is 0.110. The fraction of sp³-hybridized carbons (Fsp3) is 0.364. The van der Waals surface area contributed by atoms with E-state index in [1.54, 1.807) is 96.4 Å². The molecule has 4 N–H and O–H groups in total. The summed E-state index contributed by atoms with van der Waals surface area (Å²) in [7, 11) is 10.0. The number of methoxy groups -OCH3 is 4. The Morgan fingerprint density at radius 1 is 0.569 bits per heavy atom. The zero-order valence-electron chi connectivity index (χ0n) is 62.2. The smallest absolute Gasteiger partial charge is 0.302 e. The number of hydrogen-bond donors (Lipinski definition) is 3. The van der Waals surface area contributed by atoms with Crippen LogP contribution >= 0.6 is 34.8 Å². The monoisotopic (exact) mass is 1550 g/mol. The number of pyridine rings is 5. The average Bonchev–Trinajstić information content (AvgIpc) is 0.755. The Bertz CT molecular complexity index is 4840. The summed E-state index contributed by atoms with van der Waals surface area (Å²) in [5.74, 6) is 0.435. The van der Waals surface area contributed by atoms with Crippen molar-refractivity contribution in [2.24, 2.45) is 14.1 Å². The number of nitrogens with one attached hydrogen (secondary N) is 2. The van der Waals surface area contributed by atoms with Gasteiger partial charge in [-0.15, -0.1) is 0 Å². The van der Waals surface area contributed by atoms with Gasteiger partial charge in [0.05, 0.1) is 47.4 Å². The van der Waals surface area contributed by atoms with Crippen molar-refractivity contribution in [2.75, 3.05) is 97.2 Å². The third-order valence-electron chi connectivity index (χ3n) is 18.2. The molecule has 8 aromatic heterocycles. The Morgan fingerprint density at radius 2 is 1.04 bits per heavy atom. The number of ether oxygens (including phenoxy) is 5. The molecule has 0 saturated carbocycles. The first-order valence-electron chi connectivity index (χ1n) is 34.9. The van der Waals surface area contributed by atoms with Gasteiger partial charge in [-0.2, -0.15) is 20.0 Å². The summed E-state index contributed by atoms with van der Waals surface area (Å²) >= 11 is 17.0. The van der Waals surface area contributed by atoms with Crippen LogP contribution < -0.4 is 33.0 Å². The molecule has 0 amide bonds. The molecule has 32 heteroatoms. The molecule has 0 aliphatic carbocycles. The molecule has 0 spiro atoms. The second kappa shape index (κ2) is 38.0. The van der Waals surface area contributed by atoms with Gasteiger partial charge in [-0.1, -0.05) is 92.0 Å². The van der Waals surface area contributed by atoms with Crippen molar-refractivity contribution in [2.45, 2.75) is 90.3 Å². The van der Waals surface area contributed by atoms with Crippen LogP contribution in [0.3, 0.4) is 0 Å². The highest BCUT2D eigenvalue weighted by atomic mass is 35.5. The maximum absolute atomic E-state index is 15.5. The lowest BCUT2D eigenvalue weighted by Gasteiger charge is -2.38. The SMILES string of the molecule is COC1CN(Cc2ccc(Cl)nc2)C1.COC1CN(Cc2ccc(N)nc2)C1.COC1CN(Cc2ccc(Nc3cc(-c4cccc(-n5ncc6cc(C(C)(C)C)cc(F)c6c5=O)c4COC(C)=O)nn(C)c3=O)nc2)C1.COC1CN(Cc2ccc(Nc3cc(Cl)nn(C)c3=O)nc2)C1.O=Cc1ccc(Cl)nc1. The van der Waals surface area contributed by atoms with Gasteiger partial charge in [0.15, 0.2) is 11.4 Å². The maximum Gasteiger partial charge on any atom is 0.302 e. The predicted octanol–water partition coefficient (Wildman–Crippen LogP) is 9.63. The molecule has 0 radical (unpaired) electrons. The van der Waals surface area contributed by atoms with Crippen LogP contribution in [0.15, 0.2) is 155 Å². The summed E-state index contributed by atoms with van der Waals surface area (Å²) in [6.07, 6.45) is 12.2. The van der Waals surface area contributed by atoms with Crippen LogP contribution in [0, 0.1) is 5.82 Å². The number of likely N-dealkylation sites (tertiary alicyclic amines) is 4. The second-order valence-electron chi connectivity index (χ2n) is 27.5. The van der Waals surface area contributed by atoms with E-state index >= 15 is 4.39 Å². The number of hydrogen-bond acceptors (Lipinski definition) is 25. The van der Waals surface area contributed by atoms with Crippen molar-refractivity contribution in [3.05, 3.63) is 232 Å². The molecule has 4 aliphatic heterocycles. The summed E-state index contributed by atoms with van der Waals surface area (Å²) in [6, 6.07) is 29.7. The van der Waals surface area contributed by atoms with Crippen molar-refractivity contribution in [3.8, 4) is 16.9 Å². The number of halogens is 4. The minimum Gasteiger partial charge on any atom is -0.461 e. The van der Waals surface area contributed by atoms with Gasteiger partial charge in [0.2, 0.25) is 0 Å². The molecule has 574 valence electrons. The van der Waals surface area contributed by atoms with Crippen molar-refractivity contribution in [1.29, 1.82) is 0 Å². The van der Waals surface area contributed by atoms with Crippen molar-refractivity contribution in [3.63, 3.8) is 0 Å². The van der Waals surface area contributed by atoms with Crippen LogP contribution in [0.25, 0.3) is 27.7 Å². The van der Waals surface area contributed by atoms with Gasteiger partial charge in [-0.25, -0.2) is 38.7 Å². The first-order valence-corrected chi connectivity index (χ1v) is 36.0. The maximum atomic E-state index is 15.5. The number of benzene rings is 2. The highest BCUT2D eigenvalue weighted by Gasteiger charge is 2.30. The summed E-state index contributed by atoms with van der Waals surface area (Å²) < 4.78 is 45.4. The second-order valence-corrected chi connectivity index (χ2v) is 28.6. The number of aryl methyl sites for hydroxylation is 2. The summed E-state index contributed by atoms with van der Waals surface area (Å²) in [5.41, 5.74) is 11.7. The minimum atomic E-state index is -0.672. The number of esters is 1. The molecule has 0 unspecified atom stereocenters. The van der Waals surface area contributed by atoms with E-state index in [-0.39, 0.29) is 45.6 Å². The largest absolute Gasteiger partial charge is 0.461 e. The fourth-order valence-electron chi connectivity index (χ4n) is 11.9. The van der Waals surface area contributed by atoms with Crippen LogP contribution in [-0.4, -0.2) is 191 Å². The number of nitrogen functional groups attached to an aromatic ring is 1. The number of carbonyl (C=O) groups excluding carboxylic acids is 2. The number of rotatable bonds is 21. The van der Waals surface area contributed by atoms with Gasteiger partial charge in [0.25, 0.3) is 16.7 Å². The van der Waals surface area contributed by atoms with Crippen LogP contribution in [-0.2, 0) is 80.8 Å². The van der Waals surface area contributed by atoms with Gasteiger partial charge >= 0.3 is 5.97 Å². The lowest BCUT2D eigenvalue weighted by molar-refractivity contribution is -0.142. The Labute approximate surface area is 644 Å². The fourth-order valence-corrected chi connectivity index (χ4v) is 12.3. The van der Waals surface area contributed by atoms with Crippen LogP contribution in [0.5, 0.6) is 0 Å². The molecular formula is C77H88Cl3FN18O10. The molecule has 0 bridgehead atoms. The number of carbonyl (C=O) groups is 2. The lowest BCUT2D eigenvalue weighted by Crippen LogP contribution is -2.50. The Hall–Kier alpha value is -9.89. The van der Waals surface area contributed by atoms with Crippen LogP contribution in [0.4, 0.5) is 33.2 Å². The van der Waals surface area contributed by atoms with Gasteiger partial charge in [-0.3, -0.25) is 43.6 Å². The molecule has 109 heavy (non-hydrogen) atoms. The predicted molar refractivity (Wildman–Crippen MR) is 416 cm³/mol. The molecular weight excluding hydrogens is 1460 g/mol. The average molecular weight is 1550 g/mol. The Kier molecular flexibility index (Phi) is 28.4. The van der Waals surface area contributed by atoms with E-state index in [2.05, 4.69) is 70.4 Å². The van der Waals surface area contributed by atoms with E-state index < -0.39 is 22.9 Å². The molecule has 2 aromatic carbocycles. The van der Waals surface area contributed by atoms with E-state index in [0.717, 1.165) is 106 Å². The third-order valence-corrected chi connectivity index (χ3v) is 18.9. The molecule has 0 atom stereocenters. The number of nitrogens with zero attached hydrogens (tertiary/aromatic N) is 15. The van der Waals surface area contributed by atoms with Gasteiger partial charge < -0.3 is 40.1 Å². The van der Waals surface area contributed by atoms with Gasteiger partial charge in [0.1, 0.15) is 51.6 Å². The van der Waals surface area contributed by atoms with E-state index in [9.17, 15) is 24.0 Å². The molecule has 10 aromatic rings. The Balaban J connectivity index is 0.000000171. The topological polar surface area (TPSA) is 312 Å². The first kappa shape index (κ1) is 81.6. The number of nitrogens with two attached hydrogens (primary N) is 1. The van der Waals surface area contributed by atoms with Crippen molar-refractivity contribution < 1.29 is 37.7 Å². The summed E-state index contributed by atoms with van der Waals surface area (Å²) in [4.78, 5) is 90.8. The third kappa shape index (κ3) is 22.6. The van der Waals surface area contributed by atoms with Gasteiger partial charge in [0, 0.05) is 187 Å². The zero-order chi connectivity index (χ0) is 78.1. The lowest BCUT2D eigenvalue weighted by atomic mass is 9.86. The highest BCUT2D eigenvalue weighted by molar-refractivity contribution is 6.30. The number of fused-ring (bicyclic) bond motifs is 1. The molecule has 28 nitrogen and oxygen atoms in total. The first-order chi connectivity index (χ1) is 52.2. The van der Waals surface area contributed by atoms with Crippen molar-refractivity contribution in [1.82, 2.24) is 73.9 Å². The molecule has 4 fully saturated rings. The molecule has 14 rings (SSSR count). The zero-order valence-corrected chi connectivity index (χ0v) is 64.5. The van der Waals surface area contributed by atoms with Crippen LogP contribution in [0.2, 0.25) is 15.5 Å². The molecule has 4 saturated heterocycles. The van der Waals surface area contributed by atoms with E-state index in [1.807, 2.05) is 75.6 Å². The molecule has 4 aliphatic rings. The van der Waals surface area contributed by atoms with Crippen molar-refractivity contribution >= 4 is 86.7 Å². The number of aldehydes is 1. The van der Waals surface area contributed by atoms with Crippen LogP contribution in [0.1, 0.15) is 71.4 Å². The Morgan fingerprint density at radius 3 is 1.47 bits per heavy atom. The number of aromatic nitrogens is 11. The highest BCUT2D eigenvalue weighted by Crippen LogP contribution is 2.32. The quantitative estimate of drug-likeness (QED) is 0.0342. The van der Waals surface area contributed by atoms with Gasteiger partial charge in [-0.05, 0) is 93.9 Å². The standard InChI is InChI=1S/C36H38FN7O5.C15H18ClN5O2.C10H13ClN2O.C10H15N3O.C6H4ClNO/c1-21(45)49-20-27-26(8-7-9-31(27)44-35(47)33-23(16-39-44)12-24(13-28(33)37)36(2,3)4)29-14-30(34(46)42(5)41-29)40-32-11-10-22(15-38-32)17-43-18-25(19-43)48-6;1-20-15(22)12(5-13(16)19-20)18-14-4-3-10(6-17-14)7-21-8-11(9-21)23-2;2*1-14-9-6-13(7-9)5-8-2-3-10(11)12-4-8;7-6-2-1-5(4-9)3-8-6/h7-16,25H,17-20H2,1-6H3,(H,38,40);3-6,11H,7-9H2,1-2H3,(H,17,18);2-4,9H,5-7H2,1H3;2-4,9H,5-7H2,1H3,(H2,11,12);1-4H. The van der Waals surface area contributed by atoms with E-state index in [1.165, 1.54) is 59.0 Å². The summed E-state index contributed by atoms with van der Waals surface area (Å²) in [6.45, 7) is 18.1. The normalized spacial score (nSPS) is 14.8.